The molecule has 4 rings (SSSR count). The normalized spacial score (nSPS) is 15.3. The largest absolute Gasteiger partial charge is 0.493 e. The molecule has 0 saturated carbocycles. The zero-order valence-electron chi connectivity index (χ0n) is 17.7. The zero-order chi connectivity index (χ0) is 20.8. The van der Waals surface area contributed by atoms with Gasteiger partial charge in [0.2, 0.25) is 0 Å². The molecule has 2 heterocycles. The number of nitrogens with zero attached hydrogens (tertiary/aromatic N) is 3. The Bertz CT molecular complexity index is 937. The summed E-state index contributed by atoms with van der Waals surface area (Å²) in [6, 6.07) is 16.7. The van der Waals surface area contributed by atoms with Crippen LogP contribution in [0.2, 0.25) is 0 Å². The van der Waals surface area contributed by atoms with E-state index in [1.807, 2.05) is 18.2 Å². The van der Waals surface area contributed by atoms with Gasteiger partial charge < -0.3 is 14.4 Å². The highest BCUT2D eigenvalue weighted by Crippen LogP contribution is 2.39. The molecule has 0 radical (unpaired) electrons. The van der Waals surface area contributed by atoms with Crippen LogP contribution in [0.4, 0.5) is 0 Å². The van der Waals surface area contributed by atoms with E-state index in [4.69, 9.17) is 14.5 Å². The Kier molecular flexibility index (Phi) is 7.00. The molecule has 0 aliphatic carbocycles. The summed E-state index contributed by atoms with van der Waals surface area (Å²) in [6.07, 6.45) is 1.12. The van der Waals surface area contributed by atoms with Crippen molar-refractivity contribution in [3.63, 3.8) is 0 Å². The summed E-state index contributed by atoms with van der Waals surface area (Å²) in [7, 11) is 3.33. The molecule has 0 N–H and O–H groups in total. The molecule has 0 unspecified atom stereocenters. The molecule has 158 valence electrons. The first-order chi connectivity index (χ1) is 14.8. The molecule has 0 spiro atoms. The molecular formula is C24H29N3O2S. The molecule has 0 amide bonds. The fourth-order valence-electron chi connectivity index (χ4n) is 3.89. The van der Waals surface area contributed by atoms with Gasteiger partial charge in [0.15, 0.2) is 11.5 Å². The van der Waals surface area contributed by atoms with Crippen molar-refractivity contribution in [3.05, 3.63) is 65.2 Å². The Hall–Kier alpha value is -2.41. The van der Waals surface area contributed by atoms with Crippen LogP contribution in [0.5, 0.6) is 11.5 Å². The van der Waals surface area contributed by atoms with Crippen molar-refractivity contribution in [3.8, 4) is 22.1 Å². The number of rotatable bonds is 8. The van der Waals surface area contributed by atoms with E-state index in [9.17, 15) is 0 Å². The maximum atomic E-state index is 5.57. The highest BCUT2D eigenvalue weighted by atomic mass is 32.1. The van der Waals surface area contributed by atoms with Crippen LogP contribution in [0.1, 0.15) is 11.3 Å². The first kappa shape index (κ1) is 20.8. The van der Waals surface area contributed by atoms with Gasteiger partial charge in [0.1, 0.15) is 5.01 Å². The molecule has 1 saturated heterocycles. The fraction of sp³-hybridized carbons (Fsp3) is 0.375. The third kappa shape index (κ3) is 5.01. The average molecular weight is 424 g/mol. The van der Waals surface area contributed by atoms with E-state index < -0.39 is 0 Å². The number of benzene rings is 2. The Morgan fingerprint density at radius 3 is 2.40 bits per heavy atom. The Labute approximate surface area is 182 Å². The lowest BCUT2D eigenvalue weighted by Gasteiger charge is -2.34. The average Bonchev–Trinajstić information content (AvgIpc) is 3.27. The minimum absolute atomic E-state index is 0.735. The maximum absolute atomic E-state index is 5.57. The van der Waals surface area contributed by atoms with E-state index in [1.54, 1.807) is 25.6 Å². The Morgan fingerprint density at radius 1 is 0.900 bits per heavy atom. The van der Waals surface area contributed by atoms with Crippen molar-refractivity contribution < 1.29 is 9.47 Å². The first-order valence-corrected chi connectivity index (χ1v) is 11.3. The molecule has 30 heavy (non-hydrogen) atoms. The molecule has 1 aliphatic rings. The molecule has 6 heteroatoms. The van der Waals surface area contributed by atoms with Gasteiger partial charge in [0.05, 0.1) is 25.5 Å². The first-order valence-electron chi connectivity index (χ1n) is 10.4. The second-order valence-corrected chi connectivity index (χ2v) is 8.40. The molecule has 1 aliphatic heterocycles. The molecular weight excluding hydrogens is 394 g/mol. The van der Waals surface area contributed by atoms with Gasteiger partial charge in [0.25, 0.3) is 0 Å². The second-order valence-electron chi connectivity index (χ2n) is 7.54. The zero-order valence-corrected chi connectivity index (χ0v) is 18.5. The predicted molar refractivity (Wildman–Crippen MR) is 123 cm³/mol. The number of thiazole rings is 1. The van der Waals surface area contributed by atoms with E-state index >= 15 is 0 Å². The van der Waals surface area contributed by atoms with Gasteiger partial charge >= 0.3 is 0 Å². The van der Waals surface area contributed by atoms with Gasteiger partial charge in [-0.05, 0) is 24.1 Å². The van der Waals surface area contributed by atoms with Crippen molar-refractivity contribution >= 4 is 11.3 Å². The molecule has 0 bridgehead atoms. The summed E-state index contributed by atoms with van der Waals surface area (Å²) >= 11 is 1.66. The number of hydrogen-bond acceptors (Lipinski definition) is 6. The van der Waals surface area contributed by atoms with E-state index in [1.165, 1.54) is 5.56 Å². The maximum Gasteiger partial charge on any atom is 0.170 e. The molecule has 5 nitrogen and oxygen atoms in total. The van der Waals surface area contributed by atoms with Crippen LogP contribution in [0.3, 0.4) is 0 Å². The number of aromatic nitrogens is 1. The third-order valence-corrected chi connectivity index (χ3v) is 6.52. The van der Waals surface area contributed by atoms with Gasteiger partial charge in [-0.15, -0.1) is 11.3 Å². The molecule has 3 aromatic rings. The lowest BCUT2D eigenvalue weighted by molar-refractivity contribution is 0.127. The summed E-state index contributed by atoms with van der Waals surface area (Å²) in [6.45, 7) is 6.44. The van der Waals surface area contributed by atoms with Crippen molar-refractivity contribution in [2.24, 2.45) is 0 Å². The van der Waals surface area contributed by atoms with Crippen LogP contribution < -0.4 is 9.47 Å². The second kappa shape index (κ2) is 10.1. The van der Waals surface area contributed by atoms with Crippen LogP contribution in [0.15, 0.2) is 53.9 Å². The number of piperazine rings is 1. The highest BCUT2D eigenvalue weighted by molar-refractivity contribution is 7.13. The molecule has 2 aromatic carbocycles. The fourth-order valence-corrected chi connectivity index (χ4v) is 4.72. The van der Waals surface area contributed by atoms with Crippen LogP contribution >= 0.6 is 11.3 Å². The van der Waals surface area contributed by atoms with E-state index in [0.717, 1.165) is 73.5 Å². The smallest absolute Gasteiger partial charge is 0.170 e. The van der Waals surface area contributed by atoms with Gasteiger partial charge in [-0.1, -0.05) is 36.4 Å². The van der Waals surface area contributed by atoms with Gasteiger partial charge in [-0.25, -0.2) is 4.98 Å². The number of para-hydroxylation sites is 1. The highest BCUT2D eigenvalue weighted by Gasteiger charge is 2.19. The monoisotopic (exact) mass is 423 g/mol. The summed E-state index contributed by atoms with van der Waals surface area (Å²) in [5.74, 6) is 1.48. The van der Waals surface area contributed by atoms with Gasteiger partial charge in [0, 0.05) is 44.6 Å². The summed E-state index contributed by atoms with van der Waals surface area (Å²) < 4.78 is 11.0. The van der Waals surface area contributed by atoms with Crippen molar-refractivity contribution in [1.29, 1.82) is 0 Å². The number of hydrogen-bond donors (Lipinski definition) is 0. The van der Waals surface area contributed by atoms with E-state index in [0.29, 0.717) is 0 Å². The summed E-state index contributed by atoms with van der Waals surface area (Å²) in [5.41, 5.74) is 3.53. The van der Waals surface area contributed by atoms with E-state index in [2.05, 4.69) is 45.5 Å². The quantitative estimate of drug-likeness (QED) is 0.543. The molecule has 1 fully saturated rings. The molecule has 0 atom stereocenters. The van der Waals surface area contributed by atoms with E-state index in [-0.39, 0.29) is 0 Å². The molecule has 1 aromatic heterocycles. The van der Waals surface area contributed by atoms with Crippen molar-refractivity contribution in [2.75, 3.05) is 46.9 Å². The van der Waals surface area contributed by atoms with Crippen LogP contribution in [-0.4, -0.2) is 61.7 Å². The Balaban J connectivity index is 1.31. The van der Waals surface area contributed by atoms with Gasteiger partial charge in [-0.2, -0.15) is 0 Å². The number of methoxy groups -OCH3 is 2. The lowest BCUT2D eigenvalue weighted by Crippen LogP contribution is -2.46. The van der Waals surface area contributed by atoms with Crippen molar-refractivity contribution in [1.82, 2.24) is 14.8 Å². The third-order valence-electron chi connectivity index (χ3n) is 5.60. The Morgan fingerprint density at radius 2 is 1.67 bits per heavy atom. The summed E-state index contributed by atoms with van der Waals surface area (Å²) in [5, 5.41) is 3.14. The van der Waals surface area contributed by atoms with Crippen LogP contribution in [0.25, 0.3) is 10.6 Å². The standard InChI is InChI=1S/C24H29N3O2S/c1-28-22-10-6-9-21(23(22)29-2)24-25-20(18-30-24)17-27-15-13-26(14-16-27)12-11-19-7-4-3-5-8-19/h3-10,18H,11-17H2,1-2H3. The minimum Gasteiger partial charge on any atom is -0.493 e. The van der Waals surface area contributed by atoms with Crippen molar-refractivity contribution in [2.45, 2.75) is 13.0 Å². The SMILES string of the molecule is COc1cccc(-c2nc(CN3CCN(CCc4ccccc4)CC3)cs2)c1OC. The minimum atomic E-state index is 0.735. The summed E-state index contributed by atoms with van der Waals surface area (Å²) in [4.78, 5) is 9.95. The lowest BCUT2D eigenvalue weighted by atomic mass is 10.1. The predicted octanol–water partition coefficient (Wildman–Crippen LogP) is 4.19. The topological polar surface area (TPSA) is 37.8 Å². The van der Waals surface area contributed by atoms with Gasteiger partial charge in [-0.3, -0.25) is 4.90 Å². The van der Waals surface area contributed by atoms with Crippen LogP contribution in [0, 0.1) is 0 Å². The number of ether oxygens (including phenoxy) is 2. The van der Waals surface area contributed by atoms with Crippen LogP contribution in [-0.2, 0) is 13.0 Å².